The van der Waals surface area contributed by atoms with Gasteiger partial charge in [0.2, 0.25) is 17.6 Å². The lowest BCUT2D eigenvalue weighted by atomic mass is 9.84. The van der Waals surface area contributed by atoms with Gasteiger partial charge in [-0.1, -0.05) is 74.0 Å². The van der Waals surface area contributed by atoms with Crippen molar-refractivity contribution in [2.45, 2.75) is 81.5 Å². The number of halogens is 1. The van der Waals surface area contributed by atoms with Crippen molar-refractivity contribution in [3.63, 3.8) is 0 Å². The second kappa shape index (κ2) is 14.4. The first-order chi connectivity index (χ1) is 23.1. The predicted molar refractivity (Wildman–Crippen MR) is 180 cm³/mol. The van der Waals surface area contributed by atoms with Gasteiger partial charge < -0.3 is 26.0 Å². The van der Waals surface area contributed by atoms with Crippen molar-refractivity contribution in [2.75, 3.05) is 25.1 Å². The van der Waals surface area contributed by atoms with Gasteiger partial charge in [-0.15, -0.1) is 0 Å². The van der Waals surface area contributed by atoms with Crippen LogP contribution < -0.4 is 21.9 Å². The minimum atomic E-state index is -1.55. The van der Waals surface area contributed by atoms with Gasteiger partial charge in [-0.3, -0.25) is 24.0 Å². The van der Waals surface area contributed by atoms with E-state index < -0.39 is 46.8 Å². The Kier molecular flexibility index (Phi) is 10.1. The van der Waals surface area contributed by atoms with Crippen LogP contribution in [0.4, 0.5) is 5.69 Å². The number of fused-ring (bicyclic) bond motifs is 1. The fourth-order valence-corrected chi connectivity index (χ4v) is 7.63. The molecule has 1 aromatic heterocycles. The van der Waals surface area contributed by atoms with Crippen molar-refractivity contribution in [2.24, 2.45) is 11.7 Å². The molecule has 13 heteroatoms. The zero-order chi connectivity index (χ0) is 33.8. The number of benzene rings is 2. The van der Waals surface area contributed by atoms with Crippen molar-refractivity contribution in [1.82, 2.24) is 20.0 Å². The molecule has 2 aromatic carbocycles. The third-order valence-corrected chi connectivity index (χ3v) is 10.3. The molecule has 0 unspecified atom stereocenters. The van der Waals surface area contributed by atoms with Gasteiger partial charge in [-0.2, -0.15) is 5.10 Å². The number of nitrogens with zero attached hydrogens (tertiary/aromatic N) is 3. The maximum Gasteiger partial charge on any atom is 0.287 e. The molecule has 254 valence electrons. The Balaban J connectivity index is 1.34. The number of amides is 3. The van der Waals surface area contributed by atoms with E-state index in [0.717, 1.165) is 42.1 Å². The number of carbonyl (C=O) groups is 4. The number of ketones is 1. The van der Waals surface area contributed by atoms with Gasteiger partial charge >= 0.3 is 0 Å². The van der Waals surface area contributed by atoms with E-state index in [1.807, 2.05) is 42.5 Å². The van der Waals surface area contributed by atoms with Crippen molar-refractivity contribution in [3.05, 3.63) is 70.1 Å². The van der Waals surface area contributed by atoms with Gasteiger partial charge in [0, 0.05) is 50.8 Å². The molecule has 3 heterocycles. The average Bonchev–Trinajstić information content (AvgIpc) is 3.55. The average molecular weight is 677 g/mol. The molecule has 3 aliphatic rings. The van der Waals surface area contributed by atoms with Crippen LogP contribution in [-0.2, 0) is 23.9 Å². The summed E-state index contributed by atoms with van der Waals surface area (Å²) in [6, 6.07) is 14.2. The van der Waals surface area contributed by atoms with Gasteiger partial charge in [0.1, 0.15) is 22.8 Å². The molecule has 6 rings (SSSR count). The quantitative estimate of drug-likeness (QED) is 0.275. The van der Waals surface area contributed by atoms with Gasteiger partial charge in [-0.25, -0.2) is 4.68 Å². The smallest absolute Gasteiger partial charge is 0.287 e. The van der Waals surface area contributed by atoms with Crippen LogP contribution in [0.3, 0.4) is 0 Å². The lowest BCUT2D eigenvalue weighted by Crippen LogP contribution is -2.63. The highest BCUT2D eigenvalue weighted by Gasteiger charge is 2.49. The Morgan fingerprint density at radius 3 is 2.46 bits per heavy atom. The molecule has 1 aliphatic carbocycles. The summed E-state index contributed by atoms with van der Waals surface area (Å²) in [4.78, 5) is 68.5. The van der Waals surface area contributed by atoms with E-state index in [9.17, 15) is 24.0 Å². The number of anilines is 1. The van der Waals surface area contributed by atoms with E-state index in [4.69, 9.17) is 22.1 Å². The van der Waals surface area contributed by atoms with Crippen LogP contribution in [0.2, 0.25) is 5.15 Å². The number of ether oxygens (including phenoxy) is 1. The third kappa shape index (κ3) is 7.24. The molecule has 2 saturated heterocycles. The molecule has 3 fully saturated rings. The molecular weight excluding hydrogens is 636 g/mol. The molecule has 0 bridgehead atoms. The first kappa shape index (κ1) is 33.6. The molecule has 3 aromatic rings. The summed E-state index contributed by atoms with van der Waals surface area (Å²) in [7, 11) is 0. The first-order valence-electron chi connectivity index (χ1n) is 16.7. The Hall–Kier alpha value is -4.29. The summed E-state index contributed by atoms with van der Waals surface area (Å²) in [5.74, 6) is -2.65. The normalized spacial score (nSPS) is 21.8. The highest BCUT2D eigenvalue weighted by molar-refractivity contribution is 6.39. The maximum atomic E-state index is 14.7. The van der Waals surface area contributed by atoms with Crippen LogP contribution >= 0.6 is 11.6 Å². The Morgan fingerprint density at radius 1 is 1.00 bits per heavy atom. The molecule has 12 nitrogen and oxygen atoms in total. The van der Waals surface area contributed by atoms with Crippen molar-refractivity contribution in [1.29, 1.82) is 0 Å². The largest absolute Gasteiger partial charge is 0.381 e. The van der Waals surface area contributed by atoms with Crippen LogP contribution in [0.1, 0.15) is 63.8 Å². The summed E-state index contributed by atoms with van der Waals surface area (Å²) in [6.45, 7) is 0.316. The summed E-state index contributed by atoms with van der Waals surface area (Å²) in [5, 5.41) is 12.7. The summed E-state index contributed by atoms with van der Waals surface area (Å²) in [6.07, 6.45) is 6.13. The Morgan fingerprint density at radius 2 is 1.73 bits per heavy atom. The minimum absolute atomic E-state index is 0.0185. The number of hydrogen-bond donors (Lipinski definition) is 3. The number of likely N-dealkylation sites (tertiary alicyclic amines) is 1. The number of nitrogens with one attached hydrogen (secondary N) is 2. The summed E-state index contributed by atoms with van der Waals surface area (Å²) < 4.78 is 6.63. The topological polar surface area (TPSA) is 166 Å². The third-order valence-electron chi connectivity index (χ3n) is 10.1. The number of carbonyl (C=O) groups excluding carboxylic acids is 4. The zero-order valence-corrected chi connectivity index (χ0v) is 27.5. The molecule has 0 radical (unpaired) electrons. The molecule has 3 amide bonds. The molecule has 48 heavy (non-hydrogen) atoms. The molecule has 4 N–H and O–H groups in total. The first-order valence-corrected chi connectivity index (χ1v) is 17.1. The molecular formula is C35H41ClN6O6. The van der Waals surface area contributed by atoms with Crippen molar-refractivity contribution in [3.8, 4) is 0 Å². The zero-order valence-electron chi connectivity index (χ0n) is 26.7. The molecule has 2 aliphatic heterocycles. The summed E-state index contributed by atoms with van der Waals surface area (Å²) in [5.41, 5.74) is 4.22. The Bertz CT molecular complexity index is 1750. The predicted octanol–water partition coefficient (Wildman–Crippen LogP) is 3.36. The number of rotatable bonds is 10. The van der Waals surface area contributed by atoms with Crippen LogP contribution in [0.25, 0.3) is 10.8 Å². The van der Waals surface area contributed by atoms with Crippen LogP contribution in [-0.4, -0.2) is 75.6 Å². The second-order valence-corrected chi connectivity index (χ2v) is 13.6. The fraction of sp³-hybridized carbons (Fsp3) is 0.486. The Labute approximate surface area is 283 Å². The van der Waals surface area contributed by atoms with Crippen molar-refractivity contribution < 1.29 is 23.9 Å². The molecule has 1 saturated carbocycles. The SMILES string of the molecule is NC(=O)C(=O)C1(NC(=O)[C@@H]2C[C@H](n3nc(Cl)ccc3=O)CN2C(=O)[C@@H](CC2CCCCC2)Nc2ccc3ccccc3c2)CCOCC1. The standard InChI is InChI=1S/C35H41ClN6O6/c36-29-12-13-30(43)42(40-29)26-20-28(33(46)39-35(31(44)32(37)45)14-16-48-17-15-35)41(21-26)34(47)27(18-22-6-2-1-3-7-22)38-25-11-10-23-8-4-5-9-24(23)19-25/h4-5,8-13,19,22,26-28,38H,1-3,6-7,14-18,20-21H2,(H2,37,45)(H,39,46)/t26-,27+,28-/m0/s1. The molecule has 3 atom stereocenters. The lowest BCUT2D eigenvalue weighted by Gasteiger charge is -2.37. The summed E-state index contributed by atoms with van der Waals surface area (Å²) >= 11 is 6.16. The number of primary amides is 1. The van der Waals surface area contributed by atoms with E-state index in [1.54, 1.807) is 0 Å². The van der Waals surface area contributed by atoms with Gasteiger partial charge in [0.15, 0.2) is 0 Å². The van der Waals surface area contributed by atoms with Crippen LogP contribution in [0.15, 0.2) is 59.4 Å². The number of aromatic nitrogens is 2. The van der Waals surface area contributed by atoms with E-state index in [0.29, 0.717) is 12.3 Å². The number of Topliss-reactive ketones (excluding diaryl/α,β-unsaturated/α-hetero) is 1. The lowest BCUT2D eigenvalue weighted by molar-refractivity contribution is -0.147. The van der Waals surface area contributed by atoms with E-state index in [-0.39, 0.29) is 50.1 Å². The van der Waals surface area contributed by atoms with Gasteiger partial charge in [-0.05, 0) is 41.3 Å². The molecule has 0 spiro atoms. The van der Waals surface area contributed by atoms with Crippen LogP contribution in [0.5, 0.6) is 0 Å². The minimum Gasteiger partial charge on any atom is -0.381 e. The van der Waals surface area contributed by atoms with Crippen molar-refractivity contribution >= 4 is 51.6 Å². The van der Waals surface area contributed by atoms with E-state index in [1.165, 1.54) is 28.1 Å². The van der Waals surface area contributed by atoms with Gasteiger partial charge in [0.25, 0.3) is 11.5 Å². The fourth-order valence-electron chi connectivity index (χ4n) is 7.49. The van der Waals surface area contributed by atoms with E-state index in [2.05, 4.69) is 15.7 Å². The highest BCUT2D eigenvalue weighted by Crippen LogP contribution is 2.33. The maximum absolute atomic E-state index is 14.7. The number of hydrogen-bond acceptors (Lipinski definition) is 8. The van der Waals surface area contributed by atoms with Gasteiger partial charge in [0.05, 0.1) is 6.04 Å². The van der Waals surface area contributed by atoms with Crippen LogP contribution in [0, 0.1) is 5.92 Å². The second-order valence-electron chi connectivity index (χ2n) is 13.2. The van der Waals surface area contributed by atoms with E-state index >= 15 is 0 Å². The monoisotopic (exact) mass is 676 g/mol. The highest BCUT2D eigenvalue weighted by atomic mass is 35.5. The number of nitrogens with two attached hydrogens (primary N) is 1.